The largest absolute Gasteiger partial charge is 0.466 e. The number of rotatable bonds is 8. The van der Waals surface area contributed by atoms with E-state index in [1.54, 1.807) is 5.01 Å². The molecule has 37 heavy (non-hydrogen) atoms. The SMILES string of the molecule is CCCCCCCC1=NN2C(C(=O)OC)=C(C(=O)OC)C3(c4ccccc4-c4ccccc43)C2(C)C=C1. The molecule has 6 heteroatoms. The van der Waals surface area contributed by atoms with Crippen LogP contribution in [0.2, 0.25) is 0 Å². The minimum Gasteiger partial charge on any atom is -0.466 e. The number of hydrogen-bond acceptors (Lipinski definition) is 6. The molecule has 0 N–H and O–H groups in total. The van der Waals surface area contributed by atoms with Gasteiger partial charge < -0.3 is 9.47 Å². The lowest BCUT2D eigenvalue weighted by Gasteiger charge is -2.46. The number of fused-ring (bicyclic) bond motifs is 7. The van der Waals surface area contributed by atoms with Gasteiger partial charge in [-0.05, 0) is 48.1 Å². The van der Waals surface area contributed by atoms with Gasteiger partial charge in [-0.2, -0.15) is 5.10 Å². The first kappa shape index (κ1) is 25.0. The van der Waals surface area contributed by atoms with E-state index in [1.165, 1.54) is 33.5 Å². The summed E-state index contributed by atoms with van der Waals surface area (Å²) in [7, 11) is 2.69. The van der Waals surface area contributed by atoms with Crippen molar-refractivity contribution in [2.45, 2.75) is 63.3 Å². The van der Waals surface area contributed by atoms with Crippen molar-refractivity contribution in [1.82, 2.24) is 5.01 Å². The number of esters is 2. The van der Waals surface area contributed by atoms with Crippen LogP contribution in [0.3, 0.4) is 0 Å². The van der Waals surface area contributed by atoms with Gasteiger partial charge in [0.2, 0.25) is 0 Å². The van der Waals surface area contributed by atoms with Gasteiger partial charge in [0.15, 0.2) is 5.70 Å². The molecule has 1 unspecified atom stereocenters. The van der Waals surface area contributed by atoms with Gasteiger partial charge in [-0.15, -0.1) is 0 Å². The molecule has 2 aliphatic heterocycles. The van der Waals surface area contributed by atoms with Crippen LogP contribution in [0.15, 0.2) is 77.1 Å². The molecule has 0 fully saturated rings. The van der Waals surface area contributed by atoms with Gasteiger partial charge >= 0.3 is 11.9 Å². The van der Waals surface area contributed by atoms with Crippen LogP contribution < -0.4 is 0 Å². The summed E-state index contributed by atoms with van der Waals surface area (Å²) in [6, 6.07) is 16.2. The van der Waals surface area contributed by atoms with Crippen molar-refractivity contribution >= 4 is 17.7 Å². The van der Waals surface area contributed by atoms with Crippen molar-refractivity contribution in [3.8, 4) is 11.1 Å². The maximum Gasteiger partial charge on any atom is 0.356 e. The van der Waals surface area contributed by atoms with E-state index in [0.717, 1.165) is 47.2 Å². The number of methoxy groups -OCH3 is 2. The summed E-state index contributed by atoms with van der Waals surface area (Å²) >= 11 is 0. The zero-order valence-electron chi connectivity index (χ0n) is 22.0. The molecule has 2 heterocycles. The van der Waals surface area contributed by atoms with E-state index in [9.17, 15) is 9.59 Å². The van der Waals surface area contributed by atoms with Crippen LogP contribution in [0.25, 0.3) is 11.1 Å². The molecular formula is C31H34N2O4. The summed E-state index contributed by atoms with van der Waals surface area (Å²) in [5, 5.41) is 6.74. The molecule has 0 bridgehead atoms. The van der Waals surface area contributed by atoms with E-state index in [4.69, 9.17) is 14.6 Å². The van der Waals surface area contributed by atoms with Crippen molar-refractivity contribution < 1.29 is 19.1 Å². The fourth-order valence-corrected chi connectivity index (χ4v) is 6.43. The molecule has 0 saturated carbocycles. The average Bonchev–Trinajstić information content (AvgIpc) is 3.36. The second-order valence-electron chi connectivity index (χ2n) is 10.1. The standard InChI is InChI=1S/C31H34N2O4/c1-5-6-7-8-9-14-21-19-20-30(2)31(26(28(34)36-3)27(29(35)37-4)33(30)32-21)24-17-12-10-15-22(24)23-16-11-13-18-25(23)31/h10-13,15-20H,5-9,14H2,1-4H3. The zero-order valence-corrected chi connectivity index (χ0v) is 22.0. The van der Waals surface area contributed by atoms with Crippen LogP contribution in [0.5, 0.6) is 0 Å². The molecule has 0 saturated heterocycles. The third-order valence-electron chi connectivity index (χ3n) is 8.11. The molecule has 1 aliphatic carbocycles. The molecular weight excluding hydrogens is 464 g/mol. The monoisotopic (exact) mass is 498 g/mol. The van der Waals surface area contributed by atoms with Gasteiger partial charge in [0, 0.05) is 0 Å². The Bertz CT molecular complexity index is 1290. The molecule has 2 aromatic carbocycles. The maximum atomic E-state index is 13.7. The molecule has 3 aliphatic rings. The quantitative estimate of drug-likeness (QED) is 0.334. The first-order valence-electron chi connectivity index (χ1n) is 13.1. The molecule has 0 radical (unpaired) electrons. The minimum absolute atomic E-state index is 0.135. The Labute approximate surface area is 218 Å². The molecule has 2 aromatic rings. The molecule has 192 valence electrons. The van der Waals surface area contributed by atoms with Gasteiger partial charge in [-0.1, -0.05) is 87.2 Å². The van der Waals surface area contributed by atoms with E-state index in [2.05, 4.69) is 31.2 Å². The van der Waals surface area contributed by atoms with E-state index in [-0.39, 0.29) is 11.3 Å². The van der Waals surface area contributed by atoms with Crippen molar-refractivity contribution in [2.24, 2.45) is 5.10 Å². The normalized spacial score (nSPS) is 20.4. The first-order valence-corrected chi connectivity index (χ1v) is 13.1. The van der Waals surface area contributed by atoms with Crippen LogP contribution in [-0.2, 0) is 24.5 Å². The zero-order chi connectivity index (χ0) is 26.2. The van der Waals surface area contributed by atoms with E-state index in [0.29, 0.717) is 0 Å². The summed E-state index contributed by atoms with van der Waals surface area (Å²) in [5.74, 6) is -1.17. The van der Waals surface area contributed by atoms with Gasteiger partial charge in [-0.3, -0.25) is 0 Å². The first-order chi connectivity index (χ1) is 18.0. The highest BCUT2D eigenvalue weighted by molar-refractivity contribution is 6.08. The summed E-state index contributed by atoms with van der Waals surface area (Å²) in [6.07, 6.45) is 10.8. The van der Waals surface area contributed by atoms with Crippen molar-refractivity contribution in [3.63, 3.8) is 0 Å². The highest BCUT2D eigenvalue weighted by atomic mass is 16.5. The highest BCUT2D eigenvalue weighted by Crippen LogP contribution is 2.64. The van der Waals surface area contributed by atoms with E-state index in [1.807, 2.05) is 43.3 Å². The van der Waals surface area contributed by atoms with Crippen molar-refractivity contribution in [3.05, 3.63) is 83.1 Å². The number of hydrazone groups is 1. The molecule has 6 nitrogen and oxygen atoms in total. The molecule has 1 spiro atoms. The lowest BCUT2D eigenvalue weighted by molar-refractivity contribution is -0.140. The summed E-state index contributed by atoms with van der Waals surface area (Å²) in [6.45, 7) is 4.25. The minimum atomic E-state index is -1.01. The second-order valence-corrected chi connectivity index (χ2v) is 10.1. The van der Waals surface area contributed by atoms with Crippen molar-refractivity contribution in [2.75, 3.05) is 14.2 Å². The van der Waals surface area contributed by atoms with Crippen LogP contribution in [-0.4, -0.2) is 42.4 Å². The fourth-order valence-electron chi connectivity index (χ4n) is 6.43. The molecule has 0 amide bonds. The number of carbonyl (C=O) groups excluding carboxylic acids is 2. The van der Waals surface area contributed by atoms with Gasteiger partial charge in [-0.25, -0.2) is 14.6 Å². The lowest BCUT2D eigenvalue weighted by Crippen LogP contribution is -2.55. The molecule has 5 rings (SSSR count). The van der Waals surface area contributed by atoms with Crippen LogP contribution in [0.4, 0.5) is 0 Å². The number of nitrogens with zero attached hydrogens (tertiary/aromatic N) is 2. The number of carbonyl (C=O) groups is 2. The summed E-state index contributed by atoms with van der Waals surface area (Å²) < 4.78 is 10.6. The fraction of sp³-hybridized carbons (Fsp3) is 0.387. The Morgan fingerprint density at radius 1 is 0.865 bits per heavy atom. The second kappa shape index (κ2) is 9.66. The average molecular weight is 499 g/mol. The molecule has 0 aromatic heterocycles. The summed E-state index contributed by atoms with van der Waals surface area (Å²) in [4.78, 5) is 27.1. The number of ether oxygens (including phenoxy) is 2. The maximum absolute atomic E-state index is 13.7. The third-order valence-corrected chi connectivity index (χ3v) is 8.11. The Hall–Kier alpha value is -3.67. The smallest absolute Gasteiger partial charge is 0.356 e. The van der Waals surface area contributed by atoms with Gasteiger partial charge in [0.1, 0.15) is 0 Å². The number of unbranched alkanes of at least 4 members (excludes halogenated alkanes) is 4. The number of hydrogen-bond donors (Lipinski definition) is 0. The van der Waals surface area contributed by atoms with E-state index < -0.39 is 22.9 Å². The number of allylic oxidation sites excluding steroid dienone is 1. The highest BCUT2D eigenvalue weighted by Gasteiger charge is 2.68. The van der Waals surface area contributed by atoms with Gasteiger partial charge in [0.05, 0.1) is 36.5 Å². The van der Waals surface area contributed by atoms with Crippen molar-refractivity contribution in [1.29, 1.82) is 0 Å². The Morgan fingerprint density at radius 2 is 1.46 bits per heavy atom. The topological polar surface area (TPSA) is 68.2 Å². The Morgan fingerprint density at radius 3 is 2.05 bits per heavy atom. The van der Waals surface area contributed by atoms with Crippen LogP contribution >= 0.6 is 0 Å². The van der Waals surface area contributed by atoms with Gasteiger partial charge in [0.25, 0.3) is 0 Å². The Balaban J connectivity index is 1.75. The Kier molecular flexibility index (Phi) is 6.52. The number of benzene rings is 2. The predicted octanol–water partition coefficient (Wildman–Crippen LogP) is 5.91. The van der Waals surface area contributed by atoms with Crippen LogP contribution in [0, 0.1) is 0 Å². The van der Waals surface area contributed by atoms with E-state index >= 15 is 0 Å². The molecule has 1 atom stereocenters. The van der Waals surface area contributed by atoms with Crippen LogP contribution in [0.1, 0.15) is 63.5 Å². The lowest BCUT2D eigenvalue weighted by atomic mass is 9.61. The summed E-state index contributed by atoms with van der Waals surface area (Å²) in [5.41, 5.74) is 3.36. The third kappa shape index (κ3) is 3.49. The predicted molar refractivity (Wildman–Crippen MR) is 144 cm³/mol.